The topological polar surface area (TPSA) is 66.8 Å². The Kier molecular flexibility index (Phi) is 5.77. The molecule has 1 rings (SSSR count). The summed E-state index contributed by atoms with van der Waals surface area (Å²) < 4.78 is 4.83. The van der Waals surface area contributed by atoms with Crippen LogP contribution in [-0.2, 0) is 9.53 Å². The highest BCUT2D eigenvalue weighted by Crippen LogP contribution is 2.20. The van der Waals surface area contributed by atoms with Crippen molar-refractivity contribution in [3.05, 3.63) is 42.0 Å². The maximum atomic E-state index is 12.4. The van der Waals surface area contributed by atoms with E-state index >= 15 is 0 Å². The highest BCUT2D eigenvalue weighted by atomic mass is 16.5. The number of carbonyl (C=O) groups is 2. The summed E-state index contributed by atoms with van der Waals surface area (Å²) in [5.74, 6) is -1.03. The lowest BCUT2D eigenvalue weighted by Gasteiger charge is -2.20. The van der Waals surface area contributed by atoms with Gasteiger partial charge in [-0.2, -0.15) is 0 Å². The van der Waals surface area contributed by atoms with E-state index in [1.807, 2.05) is 6.92 Å². The largest absolute Gasteiger partial charge is 0.507 e. The van der Waals surface area contributed by atoms with Crippen LogP contribution in [0.5, 0.6) is 5.75 Å². The fourth-order valence-corrected chi connectivity index (χ4v) is 1.73. The van der Waals surface area contributed by atoms with E-state index in [1.54, 1.807) is 19.1 Å². The Morgan fingerprint density at radius 1 is 1.45 bits per heavy atom. The monoisotopic (exact) mass is 277 g/mol. The average Bonchev–Trinajstić information content (AvgIpc) is 2.40. The highest BCUT2D eigenvalue weighted by Gasteiger charge is 2.21. The first-order valence-electron chi connectivity index (χ1n) is 6.35. The number of nitrogens with zero attached hydrogens (tertiary/aromatic N) is 1. The number of carbonyl (C=O) groups excluding carboxylic acids is 2. The van der Waals surface area contributed by atoms with Crippen LogP contribution in [0.25, 0.3) is 0 Å². The van der Waals surface area contributed by atoms with Crippen LogP contribution in [-0.4, -0.2) is 41.6 Å². The maximum Gasteiger partial charge on any atom is 0.325 e. The van der Waals surface area contributed by atoms with Gasteiger partial charge in [-0.15, -0.1) is 6.58 Å². The van der Waals surface area contributed by atoms with E-state index in [0.717, 1.165) is 5.56 Å². The quantitative estimate of drug-likeness (QED) is 0.637. The first-order chi connectivity index (χ1) is 9.49. The summed E-state index contributed by atoms with van der Waals surface area (Å²) in [5, 5.41) is 9.77. The fraction of sp³-hybridized carbons (Fsp3) is 0.333. The van der Waals surface area contributed by atoms with Crippen LogP contribution in [0.3, 0.4) is 0 Å². The molecule has 1 N–H and O–H groups in total. The zero-order chi connectivity index (χ0) is 15.1. The van der Waals surface area contributed by atoms with Crippen molar-refractivity contribution in [2.75, 3.05) is 19.7 Å². The van der Waals surface area contributed by atoms with E-state index < -0.39 is 11.9 Å². The third-order valence-electron chi connectivity index (χ3n) is 2.64. The number of esters is 1. The molecule has 0 heterocycles. The third-order valence-corrected chi connectivity index (χ3v) is 2.64. The van der Waals surface area contributed by atoms with Crippen molar-refractivity contribution >= 4 is 11.9 Å². The van der Waals surface area contributed by atoms with E-state index in [9.17, 15) is 14.7 Å². The number of ether oxygens (including phenoxy) is 1. The van der Waals surface area contributed by atoms with Gasteiger partial charge in [-0.25, -0.2) is 0 Å². The van der Waals surface area contributed by atoms with Gasteiger partial charge < -0.3 is 14.7 Å². The molecule has 5 nitrogen and oxygen atoms in total. The van der Waals surface area contributed by atoms with E-state index in [1.165, 1.54) is 17.0 Å². The van der Waals surface area contributed by atoms with E-state index in [0.29, 0.717) is 0 Å². The molecule has 0 fully saturated rings. The molecule has 5 heteroatoms. The molecule has 0 aromatic heterocycles. The van der Waals surface area contributed by atoms with E-state index in [-0.39, 0.29) is 31.0 Å². The van der Waals surface area contributed by atoms with Crippen LogP contribution < -0.4 is 0 Å². The number of aromatic hydroxyl groups is 1. The molecule has 108 valence electrons. The van der Waals surface area contributed by atoms with Crippen molar-refractivity contribution in [3.63, 3.8) is 0 Å². The summed E-state index contributed by atoms with van der Waals surface area (Å²) in [6, 6.07) is 4.74. The van der Waals surface area contributed by atoms with Gasteiger partial charge in [0.15, 0.2) is 0 Å². The van der Waals surface area contributed by atoms with Gasteiger partial charge in [-0.3, -0.25) is 9.59 Å². The zero-order valence-electron chi connectivity index (χ0n) is 11.8. The number of amides is 1. The Hall–Kier alpha value is -2.30. The first-order valence-corrected chi connectivity index (χ1v) is 6.35. The minimum atomic E-state index is -0.491. The maximum absolute atomic E-state index is 12.4. The summed E-state index contributed by atoms with van der Waals surface area (Å²) >= 11 is 0. The summed E-state index contributed by atoms with van der Waals surface area (Å²) in [7, 11) is 0. The van der Waals surface area contributed by atoms with Gasteiger partial charge in [0.05, 0.1) is 12.2 Å². The number of phenols is 1. The molecule has 0 saturated heterocycles. The standard InChI is InChI=1S/C15H19NO4/c1-4-8-16(10-14(18)20-5-2)15(19)12-9-11(3)6-7-13(12)17/h4,6-7,9,17H,1,5,8,10H2,2-3H3. The first kappa shape index (κ1) is 15.8. The lowest BCUT2D eigenvalue weighted by Crippen LogP contribution is -2.36. The molecule has 0 spiro atoms. The van der Waals surface area contributed by atoms with E-state index in [2.05, 4.69) is 6.58 Å². The van der Waals surface area contributed by atoms with Gasteiger partial charge in [-0.05, 0) is 26.0 Å². The van der Waals surface area contributed by atoms with Gasteiger partial charge in [0, 0.05) is 6.54 Å². The van der Waals surface area contributed by atoms with Crippen molar-refractivity contribution in [3.8, 4) is 5.75 Å². The Balaban J connectivity index is 2.95. The Morgan fingerprint density at radius 3 is 2.75 bits per heavy atom. The minimum absolute atomic E-state index is 0.112. The molecule has 20 heavy (non-hydrogen) atoms. The molecule has 0 aliphatic heterocycles. The molecule has 1 aromatic carbocycles. The Labute approximate surface area is 118 Å². The molecule has 0 bridgehead atoms. The van der Waals surface area contributed by atoms with Gasteiger partial charge in [0.2, 0.25) is 0 Å². The summed E-state index contributed by atoms with van der Waals surface area (Å²) in [6.45, 7) is 7.36. The molecule has 0 aliphatic rings. The predicted molar refractivity (Wildman–Crippen MR) is 75.6 cm³/mol. The van der Waals surface area contributed by atoms with Crippen molar-refractivity contribution < 1.29 is 19.4 Å². The number of hydrogen-bond acceptors (Lipinski definition) is 4. The van der Waals surface area contributed by atoms with Crippen molar-refractivity contribution in [2.45, 2.75) is 13.8 Å². The van der Waals surface area contributed by atoms with Crippen LogP contribution in [0, 0.1) is 6.92 Å². The van der Waals surface area contributed by atoms with Crippen LogP contribution in [0.1, 0.15) is 22.8 Å². The minimum Gasteiger partial charge on any atom is -0.507 e. The molecule has 1 aromatic rings. The van der Waals surface area contributed by atoms with Gasteiger partial charge in [0.25, 0.3) is 5.91 Å². The Bertz CT molecular complexity index is 511. The Morgan fingerprint density at radius 2 is 2.15 bits per heavy atom. The highest BCUT2D eigenvalue weighted by molar-refractivity contribution is 5.98. The lowest BCUT2D eigenvalue weighted by molar-refractivity contribution is -0.143. The summed E-state index contributed by atoms with van der Waals surface area (Å²) in [6.07, 6.45) is 1.52. The SMILES string of the molecule is C=CCN(CC(=O)OCC)C(=O)c1cc(C)ccc1O. The smallest absolute Gasteiger partial charge is 0.325 e. The number of phenolic OH excluding ortho intramolecular Hbond substituents is 1. The van der Waals surface area contributed by atoms with Crippen LogP contribution in [0.4, 0.5) is 0 Å². The van der Waals surface area contributed by atoms with Crippen molar-refractivity contribution in [2.24, 2.45) is 0 Å². The normalized spacial score (nSPS) is 9.90. The molecule has 0 unspecified atom stereocenters. The second-order valence-electron chi connectivity index (χ2n) is 4.30. The van der Waals surface area contributed by atoms with Crippen molar-refractivity contribution in [1.82, 2.24) is 4.90 Å². The molecule has 1 amide bonds. The molecule has 0 atom stereocenters. The van der Waals surface area contributed by atoms with Gasteiger partial charge >= 0.3 is 5.97 Å². The number of hydrogen-bond donors (Lipinski definition) is 1. The molecule has 0 saturated carbocycles. The van der Waals surface area contributed by atoms with Gasteiger partial charge in [0.1, 0.15) is 12.3 Å². The van der Waals surface area contributed by atoms with Crippen LogP contribution in [0.2, 0.25) is 0 Å². The predicted octanol–water partition coefficient (Wildman–Crippen LogP) is 1.89. The number of benzene rings is 1. The second kappa shape index (κ2) is 7.33. The van der Waals surface area contributed by atoms with Crippen molar-refractivity contribution in [1.29, 1.82) is 0 Å². The zero-order valence-corrected chi connectivity index (χ0v) is 11.8. The molecular weight excluding hydrogens is 258 g/mol. The molecule has 0 radical (unpaired) electrons. The molecule has 0 aliphatic carbocycles. The number of rotatable bonds is 6. The molecular formula is C15H19NO4. The van der Waals surface area contributed by atoms with E-state index in [4.69, 9.17) is 4.74 Å². The summed E-state index contributed by atoms with van der Waals surface area (Å²) in [5.41, 5.74) is 1.01. The summed E-state index contributed by atoms with van der Waals surface area (Å²) in [4.78, 5) is 25.1. The van der Waals surface area contributed by atoms with Crippen LogP contribution >= 0.6 is 0 Å². The van der Waals surface area contributed by atoms with Crippen LogP contribution in [0.15, 0.2) is 30.9 Å². The fourth-order valence-electron chi connectivity index (χ4n) is 1.73. The second-order valence-corrected chi connectivity index (χ2v) is 4.30. The number of aryl methyl sites for hydroxylation is 1. The lowest BCUT2D eigenvalue weighted by atomic mass is 10.1. The van der Waals surface area contributed by atoms with Gasteiger partial charge in [-0.1, -0.05) is 17.7 Å². The third kappa shape index (κ3) is 4.12. The average molecular weight is 277 g/mol.